The average Bonchev–Trinajstić information content (AvgIpc) is 2.96. The van der Waals surface area contributed by atoms with E-state index in [4.69, 9.17) is 0 Å². The number of rotatable bonds is 12. The highest BCUT2D eigenvalue weighted by atomic mass is 19.4. The minimum atomic E-state index is -8.13. The fraction of sp³-hybridized carbons (Fsp3) is 0.769. The van der Waals surface area contributed by atoms with E-state index in [2.05, 4.69) is 41.6 Å². The van der Waals surface area contributed by atoms with Crippen LogP contribution in [0, 0.1) is 0 Å². The van der Waals surface area contributed by atoms with Gasteiger partial charge in [-0.2, -0.15) is 79.0 Å². The van der Waals surface area contributed by atoms with Gasteiger partial charge in [0.25, 0.3) is 11.2 Å². The number of carbonyl (C=O) groups is 2. The van der Waals surface area contributed by atoms with E-state index in [0.29, 0.717) is 0 Å². The minimum absolute atomic E-state index is 0.210. The largest absolute Gasteiger partial charge is 0.432 e. The number of hydrogen-bond acceptors (Lipinski definition) is 8. The first-order valence-corrected chi connectivity index (χ1v) is 13.9. The third-order valence-electron chi connectivity index (χ3n) is 8.42. The Balaban J connectivity index is 2.25. The van der Waals surface area contributed by atoms with E-state index >= 15 is 61.5 Å². The number of hydrogen-bond donors (Lipinski definition) is 0. The second kappa shape index (κ2) is 12.2. The smallest absolute Gasteiger partial charge is 0.422 e. The van der Waals surface area contributed by atoms with Gasteiger partial charge in [0.05, 0.1) is 0 Å². The molecule has 4 aliphatic rings. The Bertz CT molecular complexity index is 1430. The Hall–Kier alpha value is -3.14. The van der Waals surface area contributed by atoms with Gasteiger partial charge in [0.2, 0.25) is 12.6 Å². The van der Waals surface area contributed by atoms with Crippen molar-refractivity contribution in [1.82, 2.24) is 0 Å². The number of carbonyl (C=O) groups excluding carboxylic acids is 2. The van der Waals surface area contributed by atoms with Crippen molar-refractivity contribution in [2.45, 2.75) is 123 Å². The summed E-state index contributed by atoms with van der Waals surface area (Å²) in [6.45, 7) is 4.47. The molecule has 0 spiro atoms. The van der Waals surface area contributed by atoms with E-state index in [1.54, 1.807) is 0 Å². The highest BCUT2D eigenvalue weighted by Crippen LogP contribution is 2.88. The maximum atomic E-state index is 16.4. The Morgan fingerprint density at radius 1 is 0.444 bits per heavy atom. The van der Waals surface area contributed by atoms with Crippen LogP contribution in [0.25, 0.3) is 0 Å². The lowest BCUT2D eigenvalue weighted by Gasteiger charge is -2.76. The van der Waals surface area contributed by atoms with Crippen molar-refractivity contribution < 1.29 is 126 Å². The lowest BCUT2D eigenvalue weighted by molar-refractivity contribution is -0.639. The fourth-order valence-electron chi connectivity index (χ4n) is 6.09. The van der Waals surface area contributed by atoms with E-state index in [9.17, 15) is 35.9 Å². The molecule has 4 aliphatic carbocycles. The topological polar surface area (TPSA) is 89.5 Å². The molecule has 0 heterocycles. The molecule has 4 unspecified atom stereocenters. The fourth-order valence-corrected chi connectivity index (χ4v) is 6.09. The van der Waals surface area contributed by atoms with Crippen molar-refractivity contribution in [1.29, 1.82) is 0 Å². The summed E-state index contributed by atoms with van der Waals surface area (Å²) in [5.74, 6) is -53.0. The van der Waals surface area contributed by atoms with Crippen LogP contribution in [0.15, 0.2) is 24.3 Å². The summed E-state index contributed by atoms with van der Waals surface area (Å²) in [5.41, 5.74) is -35.5. The average molecular weight is 840 g/mol. The monoisotopic (exact) mass is 840 g/mol. The van der Waals surface area contributed by atoms with Gasteiger partial charge >= 0.3 is 71.2 Å². The normalized spacial score (nSPS) is 34.7. The summed E-state index contributed by atoms with van der Waals surface area (Å²) in [6, 6.07) is 0. The predicted molar refractivity (Wildman–Crippen MR) is 128 cm³/mol. The molecule has 0 amide bonds. The van der Waals surface area contributed by atoms with Crippen molar-refractivity contribution in [3.63, 3.8) is 0 Å². The zero-order chi connectivity index (χ0) is 42.9. The van der Waals surface area contributed by atoms with Gasteiger partial charge in [0.15, 0.2) is 12.6 Å². The van der Waals surface area contributed by atoms with E-state index in [1.165, 1.54) is 0 Å². The third-order valence-corrected chi connectivity index (χ3v) is 8.42. The molecule has 54 heavy (non-hydrogen) atoms. The van der Waals surface area contributed by atoms with Gasteiger partial charge in [-0.1, -0.05) is 13.2 Å². The number of esters is 2. The number of ether oxygens (including phenoxy) is 6. The van der Waals surface area contributed by atoms with Crippen LogP contribution in [0.1, 0.15) is 27.7 Å². The van der Waals surface area contributed by atoms with E-state index in [0.717, 1.165) is 0 Å². The quantitative estimate of drug-likeness (QED) is 0.0865. The Morgan fingerprint density at radius 2 is 0.685 bits per heavy atom. The van der Waals surface area contributed by atoms with Gasteiger partial charge in [-0.05, 0) is 27.7 Å². The van der Waals surface area contributed by atoms with E-state index < -0.39 is 119 Å². The van der Waals surface area contributed by atoms with Crippen LogP contribution in [0.4, 0.5) is 87.8 Å². The zero-order valence-corrected chi connectivity index (χ0v) is 26.5. The summed E-state index contributed by atoms with van der Waals surface area (Å²) >= 11 is 0. The van der Waals surface area contributed by atoms with Gasteiger partial charge in [-0.3, -0.25) is 0 Å². The Morgan fingerprint density at radius 3 is 0.907 bits per heavy atom. The van der Waals surface area contributed by atoms with Gasteiger partial charge in [-0.15, -0.1) is 0 Å². The maximum absolute atomic E-state index is 16.4. The van der Waals surface area contributed by atoms with Gasteiger partial charge in [-0.25, -0.2) is 18.4 Å². The van der Waals surface area contributed by atoms with Crippen molar-refractivity contribution in [2.24, 2.45) is 0 Å². The van der Waals surface area contributed by atoms with Crippen LogP contribution < -0.4 is 0 Å². The molecule has 4 bridgehead atoms. The molecule has 312 valence electrons. The molecule has 4 atom stereocenters. The molecule has 0 aromatic rings. The van der Waals surface area contributed by atoms with E-state index in [1.807, 2.05) is 0 Å². The minimum Gasteiger partial charge on any atom is -0.432 e. The molecule has 8 nitrogen and oxygen atoms in total. The molecule has 4 rings (SSSR count). The van der Waals surface area contributed by atoms with Crippen LogP contribution in [-0.2, 0) is 38.0 Å². The molecule has 0 aliphatic heterocycles. The second-order valence-electron chi connectivity index (χ2n) is 11.7. The lowest BCUT2D eigenvalue weighted by Crippen LogP contribution is -3.11. The van der Waals surface area contributed by atoms with Crippen LogP contribution in [0.3, 0.4) is 0 Å². The first-order chi connectivity index (χ1) is 23.7. The molecule has 0 N–H and O–H groups in total. The third kappa shape index (κ3) is 4.92. The number of halogens is 20. The highest BCUT2D eigenvalue weighted by molar-refractivity contribution is 5.89. The predicted octanol–water partition coefficient (Wildman–Crippen LogP) is 7.51. The first-order valence-electron chi connectivity index (χ1n) is 13.9. The van der Waals surface area contributed by atoms with Crippen LogP contribution in [0.5, 0.6) is 0 Å². The van der Waals surface area contributed by atoms with Crippen molar-refractivity contribution in [2.75, 3.05) is 0 Å². The Labute approximate surface area is 286 Å². The molecule has 0 radical (unpaired) electrons. The SMILES string of the molecule is C=C(C(=O)OC(C)OC(C)OC12C(F)(F)C3(F)C(F)(F)C(F)(C1(F)F)C(F)(F)C(OC(C)OC(C)OC(=O)C(=C)C(F)(F)F)(C3(F)F)C2(F)F)C(F)(F)F. The standard InChI is InChI=1S/C26H20F20O8/c1-7(15(27,28)29)13(47)51-9(3)49-11(5)53-19-22(37,38)17(33)21(35,36)18(34,23(19,39)40)25(43,44)20(24(17,41)42,26(19,45)46)54-12(6)50-10(4)52-14(48)8(2)16(30,31)32/h9-12H,1-2H2,3-6H3. The highest BCUT2D eigenvalue weighted by Gasteiger charge is 3.23. The molecular weight excluding hydrogens is 820 g/mol. The summed E-state index contributed by atoms with van der Waals surface area (Å²) in [7, 11) is 0. The van der Waals surface area contributed by atoms with Crippen molar-refractivity contribution in [3.8, 4) is 0 Å². The summed E-state index contributed by atoms with van der Waals surface area (Å²) in [6.07, 6.45) is -24.1. The maximum Gasteiger partial charge on any atom is 0.422 e. The summed E-state index contributed by atoms with van der Waals surface area (Å²) < 4.78 is 321. The van der Waals surface area contributed by atoms with Crippen molar-refractivity contribution >= 4 is 11.9 Å². The molecule has 0 aromatic carbocycles. The number of alkyl halides is 20. The van der Waals surface area contributed by atoms with Gasteiger partial charge < -0.3 is 28.4 Å². The summed E-state index contributed by atoms with van der Waals surface area (Å²) in [5, 5.41) is 0. The second-order valence-corrected chi connectivity index (χ2v) is 11.7. The van der Waals surface area contributed by atoms with Crippen LogP contribution in [-0.4, -0.2) is 108 Å². The lowest BCUT2D eigenvalue weighted by atomic mass is 9.39. The summed E-state index contributed by atoms with van der Waals surface area (Å²) in [4.78, 5) is 23.2. The van der Waals surface area contributed by atoms with Crippen LogP contribution >= 0.6 is 0 Å². The molecule has 0 aromatic heterocycles. The molecule has 0 saturated heterocycles. The molecule has 28 heteroatoms. The molecular formula is C26H20F20O8. The van der Waals surface area contributed by atoms with Crippen molar-refractivity contribution in [3.05, 3.63) is 24.3 Å². The van der Waals surface area contributed by atoms with Gasteiger partial charge in [0.1, 0.15) is 11.1 Å². The molecule has 4 fully saturated rings. The van der Waals surface area contributed by atoms with E-state index in [-0.39, 0.29) is 27.7 Å². The Kier molecular flexibility index (Phi) is 10.2. The van der Waals surface area contributed by atoms with Crippen LogP contribution in [0.2, 0.25) is 0 Å². The molecule has 4 saturated carbocycles. The zero-order valence-electron chi connectivity index (χ0n) is 26.5. The van der Waals surface area contributed by atoms with Gasteiger partial charge in [0, 0.05) is 0 Å². The first kappa shape index (κ1) is 45.3.